The normalized spacial score (nSPS) is 28.4. The Hall–Kier alpha value is -4.16. The molecule has 3 aliphatic rings. The van der Waals surface area contributed by atoms with Crippen LogP contribution in [0.1, 0.15) is 37.3 Å². The summed E-state index contributed by atoms with van der Waals surface area (Å²) in [5, 5.41) is 19.3. The quantitative estimate of drug-likeness (QED) is 0.399. The van der Waals surface area contributed by atoms with Crippen molar-refractivity contribution in [2.45, 2.75) is 50.9 Å². The number of benzene rings is 2. The van der Waals surface area contributed by atoms with Gasteiger partial charge in [0, 0.05) is 11.6 Å². The molecule has 2 aromatic carbocycles. The van der Waals surface area contributed by atoms with Crippen LogP contribution in [0.2, 0.25) is 0 Å². The Balaban J connectivity index is 1.25. The monoisotopic (exact) mass is 492 g/mol. The number of hydrogen-bond acceptors (Lipinski definition) is 7. The van der Waals surface area contributed by atoms with Gasteiger partial charge in [0.25, 0.3) is 0 Å². The van der Waals surface area contributed by atoms with Crippen LogP contribution in [-0.4, -0.2) is 43.0 Å². The summed E-state index contributed by atoms with van der Waals surface area (Å²) in [6.45, 7) is 4.46. The molecule has 2 aromatic heterocycles. The van der Waals surface area contributed by atoms with Gasteiger partial charge in [-0.2, -0.15) is 20.3 Å². The lowest BCUT2D eigenvalue weighted by atomic mass is 9.67. The zero-order valence-electron chi connectivity index (χ0n) is 20.5. The predicted molar refractivity (Wildman–Crippen MR) is 134 cm³/mol. The number of anilines is 1. The predicted octanol–water partition coefficient (Wildman–Crippen LogP) is 3.68. The molecule has 2 amide bonds. The maximum atomic E-state index is 14.0. The lowest BCUT2D eigenvalue weighted by Gasteiger charge is -2.31. The van der Waals surface area contributed by atoms with Crippen LogP contribution < -0.4 is 4.90 Å². The van der Waals surface area contributed by atoms with Crippen molar-refractivity contribution in [3.8, 4) is 6.07 Å². The molecule has 0 aliphatic carbocycles. The second kappa shape index (κ2) is 7.43. The molecule has 3 aliphatic heterocycles. The summed E-state index contributed by atoms with van der Waals surface area (Å²) in [5.74, 6) is -1.62. The summed E-state index contributed by atoms with van der Waals surface area (Å²) in [7, 11) is 0. The maximum Gasteiger partial charge on any atom is 0.240 e. The van der Waals surface area contributed by atoms with Crippen molar-refractivity contribution in [3.05, 3.63) is 59.8 Å². The second-order valence-corrected chi connectivity index (χ2v) is 10.6. The van der Waals surface area contributed by atoms with Crippen LogP contribution in [0.4, 0.5) is 5.69 Å². The molecule has 0 spiro atoms. The van der Waals surface area contributed by atoms with Gasteiger partial charge >= 0.3 is 0 Å². The third-order valence-electron chi connectivity index (χ3n) is 8.43. The van der Waals surface area contributed by atoms with Crippen molar-refractivity contribution in [1.29, 1.82) is 5.26 Å². The molecule has 5 heterocycles. The molecule has 9 heteroatoms. The number of carbonyl (C=O) groups is 2. The zero-order valence-corrected chi connectivity index (χ0v) is 20.5. The van der Waals surface area contributed by atoms with Crippen LogP contribution in [0.3, 0.4) is 0 Å². The van der Waals surface area contributed by atoms with Crippen LogP contribution in [0.25, 0.3) is 21.9 Å². The lowest BCUT2D eigenvalue weighted by Crippen LogP contribution is -2.43. The summed E-state index contributed by atoms with van der Waals surface area (Å²) in [6, 6.07) is 15.0. The minimum absolute atomic E-state index is 0.243. The highest BCUT2D eigenvalue weighted by atomic mass is 16.5. The van der Waals surface area contributed by atoms with E-state index in [1.165, 1.54) is 4.90 Å². The Morgan fingerprint density at radius 1 is 1.08 bits per heavy atom. The minimum Gasteiger partial charge on any atom is -0.367 e. The fraction of sp³-hybridized carbons (Fsp3) is 0.357. The molecule has 9 nitrogen and oxygen atoms in total. The summed E-state index contributed by atoms with van der Waals surface area (Å²) in [6.07, 6.45) is 3.55. The number of nitrogens with zero attached hydrogens (tertiary/aromatic N) is 6. The molecule has 3 saturated heterocycles. The lowest BCUT2D eigenvalue weighted by molar-refractivity contribution is -0.131. The molecule has 3 fully saturated rings. The van der Waals surface area contributed by atoms with Gasteiger partial charge in [-0.1, -0.05) is 6.07 Å². The smallest absolute Gasteiger partial charge is 0.240 e. The summed E-state index contributed by atoms with van der Waals surface area (Å²) < 4.78 is 6.59. The van der Waals surface area contributed by atoms with Crippen molar-refractivity contribution in [1.82, 2.24) is 20.0 Å². The first-order chi connectivity index (χ1) is 17.8. The Labute approximate surface area is 212 Å². The minimum atomic E-state index is -0.753. The number of aromatic nitrogens is 4. The van der Waals surface area contributed by atoms with E-state index in [-0.39, 0.29) is 11.8 Å². The number of amides is 2. The fourth-order valence-electron chi connectivity index (χ4n) is 6.75. The van der Waals surface area contributed by atoms with Gasteiger partial charge in [0.05, 0.1) is 46.4 Å². The zero-order chi connectivity index (χ0) is 25.5. The first-order valence-electron chi connectivity index (χ1n) is 12.5. The van der Waals surface area contributed by atoms with Gasteiger partial charge in [-0.05, 0) is 75.1 Å². The average molecular weight is 493 g/mol. The largest absolute Gasteiger partial charge is 0.367 e. The molecule has 0 N–H and O–H groups in total. The third kappa shape index (κ3) is 2.96. The van der Waals surface area contributed by atoms with Gasteiger partial charge in [0.15, 0.2) is 0 Å². The topological polar surface area (TPSA) is 114 Å². The van der Waals surface area contributed by atoms with E-state index >= 15 is 0 Å². The Morgan fingerprint density at radius 2 is 1.89 bits per heavy atom. The highest BCUT2D eigenvalue weighted by Gasteiger charge is 2.73. The average Bonchev–Trinajstić information content (AvgIpc) is 3.60. The van der Waals surface area contributed by atoms with Crippen LogP contribution >= 0.6 is 0 Å². The van der Waals surface area contributed by atoms with Crippen LogP contribution in [0, 0.1) is 30.1 Å². The number of carbonyl (C=O) groups excluding carboxylic acids is 2. The highest BCUT2D eigenvalue weighted by Crippen LogP contribution is 2.62. The standard InChI is InChI=1S/C28H24N6O3/c1-16-5-7-19-20(14-16)32-33(31-19)13-11-28-10-9-27(2,37-28)22-23(28)26(36)34(25(22)35)21-8-6-17(15-29)24-18(21)4-3-12-30-24/h3-8,12,14,22-23H,9-11,13H2,1-2H3/t22-,23+,27-,28-/m1/s1. The van der Waals surface area contributed by atoms with Crippen molar-refractivity contribution in [2.24, 2.45) is 11.8 Å². The van der Waals surface area contributed by atoms with E-state index in [0.717, 1.165) is 16.6 Å². The van der Waals surface area contributed by atoms with Gasteiger partial charge in [-0.25, -0.2) is 4.90 Å². The van der Waals surface area contributed by atoms with Crippen molar-refractivity contribution >= 4 is 39.4 Å². The molecule has 2 bridgehead atoms. The number of nitriles is 1. The van der Waals surface area contributed by atoms with Gasteiger partial charge in [-0.15, -0.1) is 0 Å². The summed E-state index contributed by atoms with van der Waals surface area (Å²) in [4.78, 5) is 35.2. The third-order valence-corrected chi connectivity index (χ3v) is 8.43. The van der Waals surface area contributed by atoms with E-state index in [4.69, 9.17) is 4.74 Å². The Bertz CT molecular complexity index is 1690. The fourth-order valence-corrected chi connectivity index (χ4v) is 6.75. The van der Waals surface area contributed by atoms with Crippen LogP contribution in [0.5, 0.6) is 0 Å². The van der Waals surface area contributed by atoms with E-state index in [0.29, 0.717) is 48.0 Å². The van der Waals surface area contributed by atoms with Crippen LogP contribution in [0.15, 0.2) is 48.7 Å². The van der Waals surface area contributed by atoms with Crippen molar-refractivity contribution < 1.29 is 14.3 Å². The number of aryl methyl sites for hydroxylation is 2. The number of imide groups is 1. The van der Waals surface area contributed by atoms with E-state index in [2.05, 4.69) is 21.3 Å². The molecule has 37 heavy (non-hydrogen) atoms. The molecule has 0 unspecified atom stereocenters. The summed E-state index contributed by atoms with van der Waals surface area (Å²) in [5.41, 5.74) is 2.67. The number of ether oxygens (including phenoxy) is 1. The molecule has 7 rings (SSSR count). The number of fused-ring (bicyclic) bond motifs is 7. The number of rotatable bonds is 4. The van der Waals surface area contributed by atoms with Crippen molar-refractivity contribution in [3.63, 3.8) is 0 Å². The molecule has 4 aromatic rings. The van der Waals surface area contributed by atoms with Crippen LogP contribution in [-0.2, 0) is 20.9 Å². The number of hydrogen-bond donors (Lipinski definition) is 0. The van der Waals surface area contributed by atoms with Gasteiger partial charge in [0.1, 0.15) is 17.1 Å². The van der Waals surface area contributed by atoms with Crippen molar-refractivity contribution in [2.75, 3.05) is 4.90 Å². The number of pyridine rings is 1. The molecular weight excluding hydrogens is 468 g/mol. The van der Waals surface area contributed by atoms with Gasteiger partial charge in [0.2, 0.25) is 11.8 Å². The van der Waals surface area contributed by atoms with E-state index in [1.54, 1.807) is 35.3 Å². The highest BCUT2D eigenvalue weighted by molar-refractivity contribution is 6.26. The molecular formula is C28H24N6O3. The summed E-state index contributed by atoms with van der Waals surface area (Å²) >= 11 is 0. The van der Waals surface area contributed by atoms with E-state index in [9.17, 15) is 14.9 Å². The van der Waals surface area contributed by atoms with Gasteiger partial charge < -0.3 is 4.74 Å². The Morgan fingerprint density at radius 3 is 2.73 bits per heavy atom. The first kappa shape index (κ1) is 22.1. The van der Waals surface area contributed by atoms with E-state index in [1.807, 2.05) is 32.0 Å². The Kier molecular flexibility index (Phi) is 4.43. The molecule has 0 radical (unpaired) electrons. The van der Waals surface area contributed by atoms with E-state index < -0.39 is 23.0 Å². The molecule has 184 valence electrons. The maximum absolute atomic E-state index is 14.0. The van der Waals surface area contributed by atoms with Gasteiger partial charge in [-0.3, -0.25) is 14.6 Å². The molecule has 4 atom stereocenters. The molecule has 0 saturated carbocycles. The first-order valence-corrected chi connectivity index (χ1v) is 12.5. The second-order valence-electron chi connectivity index (χ2n) is 10.6. The SMILES string of the molecule is Cc1ccc2nn(CC[C@@]34CC[C@@](C)(O3)[C@H]3C(=O)N(c5ccc(C#N)c6ncccc56)C(=O)[C@H]34)nc2c1.